The van der Waals surface area contributed by atoms with Crippen LogP contribution in [0.5, 0.6) is 0 Å². The van der Waals surface area contributed by atoms with Gasteiger partial charge in [0.2, 0.25) is 0 Å². The van der Waals surface area contributed by atoms with Gasteiger partial charge in [0.25, 0.3) is 0 Å². The second-order valence-electron chi connectivity index (χ2n) is 2.84. The molecule has 14 heavy (non-hydrogen) atoms. The lowest BCUT2D eigenvalue weighted by atomic mass is 10.2. The van der Waals surface area contributed by atoms with Gasteiger partial charge in [-0.25, -0.2) is 4.79 Å². The first kappa shape index (κ1) is 12.7. The summed E-state index contributed by atoms with van der Waals surface area (Å²) in [5.41, 5.74) is 0. The third kappa shape index (κ3) is 8.78. The highest BCUT2D eigenvalue weighted by Crippen LogP contribution is 1.95. The van der Waals surface area contributed by atoms with Gasteiger partial charge < -0.3 is 4.74 Å². The van der Waals surface area contributed by atoms with Crippen molar-refractivity contribution in [3.8, 4) is 0 Å². The fraction of sp³-hybridized carbons (Fsp3) is 0.417. The lowest BCUT2D eigenvalue weighted by Crippen LogP contribution is -1.92. The molecule has 0 heterocycles. The van der Waals surface area contributed by atoms with Crippen LogP contribution in [-0.4, -0.2) is 5.97 Å². The van der Waals surface area contributed by atoms with Crippen molar-refractivity contribution >= 4 is 5.97 Å². The average Bonchev–Trinajstić information content (AvgIpc) is 2.17. The Morgan fingerprint density at radius 3 is 2.79 bits per heavy atom. The van der Waals surface area contributed by atoms with Crippen LogP contribution in [0.4, 0.5) is 0 Å². The lowest BCUT2D eigenvalue weighted by molar-refractivity contribution is -0.132. The summed E-state index contributed by atoms with van der Waals surface area (Å²) in [6.45, 7) is 3.93. The van der Waals surface area contributed by atoms with Crippen LogP contribution in [0.1, 0.15) is 33.1 Å². The molecule has 0 aromatic carbocycles. The van der Waals surface area contributed by atoms with E-state index in [1.807, 2.05) is 6.08 Å². The zero-order chi connectivity index (χ0) is 10.6. The molecule has 0 saturated carbocycles. The Morgan fingerprint density at radius 1 is 1.36 bits per heavy atom. The maximum absolute atomic E-state index is 10.8. The van der Waals surface area contributed by atoms with Gasteiger partial charge in [0.05, 0.1) is 6.26 Å². The van der Waals surface area contributed by atoms with E-state index in [-0.39, 0.29) is 5.97 Å². The number of unbranched alkanes of at least 4 members (excludes halogenated alkanes) is 2. The second-order valence-corrected chi connectivity index (χ2v) is 2.84. The van der Waals surface area contributed by atoms with E-state index < -0.39 is 0 Å². The van der Waals surface area contributed by atoms with Crippen molar-refractivity contribution in [3.05, 3.63) is 36.6 Å². The first-order valence-corrected chi connectivity index (χ1v) is 4.96. The van der Waals surface area contributed by atoms with E-state index in [9.17, 15) is 4.79 Å². The quantitative estimate of drug-likeness (QED) is 0.213. The number of hydrogen-bond donors (Lipinski definition) is 0. The van der Waals surface area contributed by atoms with E-state index in [0.29, 0.717) is 0 Å². The molecule has 0 aromatic rings. The summed E-state index contributed by atoms with van der Waals surface area (Å²) in [7, 11) is 0. The molecular weight excluding hydrogens is 176 g/mol. The van der Waals surface area contributed by atoms with Gasteiger partial charge in [0, 0.05) is 6.08 Å². The van der Waals surface area contributed by atoms with Crippen molar-refractivity contribution in [2.45, 2.75) is 33.1 Å². The van der Waals surface area contributed by atoms with E-state index in [0.717, 1.165) is 6.42 Å². The standard InChI is InChI=1S/C12H18O2/c1-3-5-6-7-8-9-11-14-12(13)10-4-2/h4,7-11H,3,5-6H2,1-2H3/b8-7?,10-4+,11-9?. The summed E-state index contributed by atoms with van der Waals surface area (Å²) >= 11 is 0. The Balaban J connectivity index is 3.53. The fourth-order valence-electron chi connectivity index (χ4n) is 0.824. The highest BCUT2D eigenvalue weighted by Gasteiger charge is 1.88. The van der Waals surface area contributed by atoms with Crippen LogP contribution >= 0.6 is 0 Å². The molecule has 0 rings (SSSR count). The lowest BCUT2D eigenvalue weighted by Gasteiger charge is -1.89. The summed E-state index contributed by atoms with van der Waals surface area (Å²) in [6, 6.07) is 0. The number of allylic oxidation sites excluding steroid dienone is 4. The monoisotopic (exact) mass is 194 g/mol. The first-order valence-electron chi connectivity index (χ1n) is 4.96. The molecule has 0 spiro atoms. The smallest absolute Gasteiger partial charge is 0.335 e. The molecule has 2 nitrogen and oxygen atoms in total. The Morgan fingerprint density at radius 2 is 2.14 bits per heavy atom. The van der Waals surface area contributed by atoms with Gasteiger partial charge >= 0.3 is 5.97 Å². The van der Waals surface area contributed by atoms with Crippen molar-refractivity contribution in [2.24, 2.45) is 0 Å². The van der Waals surface area contributed by atoms with Gasteiger partial charge in [0.1, 0.15) is 0 Å². The summed E-state index contributed by atoms with van der Waals surface area (Å²) in [5.74, 6) is -0.342. The molecule has 0 N–H and O–H groups in total. The SMILES string of the molecule is C/C=C/C(=O)OC=CC=CCCCC. The number of hydrogen-bond acceptors (Lipinski definition) is 2. The number of esters is 1. The molecule has 0 aliphatic carbocycles. The minimum absolute atomic E-state index is 0.342. The molecule has 0 radical (unpaired) electrons. The van der Waals surface area contributed by atoms with Crippen molar-refractivity contribution in [1.82, 2.24) is 0 Å². The predicted octanol–water partition coefficient (Wildman–Crippen LogP) is 3.37. The number of ether oxygens (including phenoxy) is 1. The van der Waals surface area contributed by atoms with Gasteiger partial charge in [-0.3, -0.25) is 0 Å². The molecule has 0 aliphatic rings. The van der Waals surface area contributed by atoms with Crippen molar-refractivity contribution in [1.29, 1.82) is 0 Å². The van der Waals surface area contributed by atoms with Crippen LogP contribution in [0.25, 0.3) is 0 Å². The first-order chi connectivity index (χ1) is 6.81. The third-order valence-corrected chi connectivity index (χ3v) is 1.54. The summed E-state index contributed by atoms with van der Waals surface area (Å²) in [4.78, 5) is 10.8. The van der Waals surface area contributed by atoms with E-state index in [1.54, 1.807) is 19.1 Å². The minimum Gasteiger partial charge on any atom is -0.431 e. The van der Waals surface area contributed by atoms with E-state index in [2.05, 4.69) is 13.0 Å². The highest BCUT2D eigenvalue weighted by molar-refractivity contribution is 5.82. The number of carbonyl (C=O) groups excluding carboxylic acids is 1. The molecule has 0 amide bonds. The van der Waals surface area contributed by atoms with Crippen LogP contribution in [0.3, 0.4) is 0 Å². The Hall–Kier alpha value is -1.31. The summed E-state index contributed by atoms with van der Waals surface area (Å²) in [6.07, 6.45) is 13.6. The zero-order valence-electron chi connectivity index (χ0n) is 8.90. The molecular formula is C12H18O2. The maximum atomic E-state index is 10.8. The fourth-order valence-corrected chi connectivity index (χ4v) is 0.824. The molecule has 0 aromatic heterocycles. The van der Waals surface area contributed by atoms with Gasteiger partial charge in [-0.05, 0) is 19.4 Å². The zero-order valence-corrected chi connectivity index (χ0v) is 8.90. The Bertz CT molecular complexity index is 224. The van der Waals surface area contributed by atoms with Crippen LogP contribution in [0, 0.1) is 0 Å². The topological polar surface area (TPSA) is 26.3 Å². The van der Waals surface area contributed by atoms with Crippen LogP contribution in [-0.2, 0) is 9.53 Å². The molecule has 78 valence electrons. The molecule has 0 fully saturated rings. The molecule has 0 unspecified atom stereocenters. The molecule has 0 atom stereocenters. The van der Waals surface area contributed by atoms with Gasteiger partial charge in [-0.15, -0.1) is 0 Å². The molecule has 0 bridgehead atoms. The predicted molar refractivity (Wildman–Crippen MR) is 58.7 cm³/mol. The normalized spacial score (nSPS) is 11.9. The molecule has 0 saturated heterocycles. The highest BCUT2D eigenvalue weighted by atomic mass is 16.5. The van der Waals surface area contributed by atoms with Gasteiger partial charge in [-0.1, -0.05) is 38.0 Å². The molecule has 0 aliphatic heterocycles. The Labute approximate surface area is 86.0 Å². The summed E-state index contributed by atoms with van der Waals surface area (Å²) in [5, 5.41) is 0. The third-order valence-electron chi connectivity index (χ3n) is 1.54. The maximum Gasteiger partial charge on any atom is 0.335 e. The van der Waals surface area contributed by atoms with Gasteiger partial charge in [-0.2, -0.15) is 0 Å². The van der Waals surface area contributed by atoms with E-state index >= 15 is 0 Å². The van der Waals surface area contributed by atoms with Gasteiger partial charge in [0.15, 0.2) is 0 Å². The Kier molecular flexibility index (Phi) is 8.86. The van der Waals surface area contributed by atoms with Crippen molar-refractivity contribution in [3.63, 3.8) is 0 Å². The summed E-state index contributed by atoms with van der Waals surface area (Å²) < 4.78 is 4.73. The largest absolute Gasteiger partial charge is 0.431 e. The molecule has 2 heteroatoms. The average molecular weight is 194 g/mol. The number of carbonyl (C=O) groups is 1. The van der Waals surface area contributed by atoms with E-state index in [4.69, 9.17) is 4.74 Å². The second kappa shape index (κ2) is 9.78. The van der Waals surface area contributed by atoms with Crippen molar-refractivity contribution < 1.29 is 9.53 Å². The van der Waals surface area contributed by atoms with Crippen LogP contribution < -0.4 is 0 Å². The minimum atomic E-state index is -0.342. The van der Waals surface area contributed by atoms with Crippen molar-refractivity contribution in [2.75, 3.05) is 0 Å². The number of rotatable bonds is 6. The van der Waals surface area contributed by atoms with Crippen LogP contribution in [0.2, 0.25) is 0 Å². The van der Waals surface area contributed by atoms with Crippen LogP contribution in [0.15, 0.2) is 36.6 Å². The van der Waals surface area contributed by atoms with E-state index in [1.165, 1.54) is 25.2 Å².